The van der Waals surface area contributed by atoms with E-state index in [1.807, 2.05) is 0 Å². The minimum atomic E-state index is 0.796. The van der Waals surface area contributed by atoms with E-state index in [1.54, 1.807) is 11.3 Å². The monoisotopic (exact) mass is 412 g/mol. The number of piperidine rings is 1. The van der Waals surface area contributed by atoms with Gasteiger partial charge in [0.05, 0.1) is 5.69 Å². The molecule has 0 unspecified atom stereocenters. The fraction of sp³-hybridized carbons (Fsp3) is 0.286. The van der Waals surface area contributed by atoms with Crippen LogP contribution in [0.2, 0.25) is 0 Å². The first-order chi connectivity index (χ1) is 12.3. The molecule has 2 nitrogen and oxygen atoms in total. The van der Waals surface area contributed by atoms with E-state index in [1.165, 1.54) is 30.4 Å². The highest BCUT2D eigenvalue weighted by Crippen LogP contribution is 2.31. The zero-order valence-electron chi connectivity index (χ0n) is 14.1. The van der Waals surface area contributed by atoms with Crippen molar-refractivity contribution < 1.29 is 0 Å². The molecule has 1 saturated heterocycles. The molecule has 2 aromatic carbocycles. The molecule has 0 atom stereocenters. The molecule has 2 heterocycles. The highest BCUT2D eigenvalue weighted by Gasteiger charge is 2.21. The number of thiazole rings is 1. The Labute approximate surface area is 161 Å². The lowest BCUT2D eigenvalue weighted by molar-refractivity contribution is 0.403. The molecule has 0 N–H and O–H groups in total. The Morgan fingerprint density at radius 2 is 1.72 bits per heavy atom. The van der Waals surface area contributed by atoms with E-state index in [4.69, 9.17) is 4.98 Å². The van der Waals surface area contributed by atoms with Gasteiger partial charge < -0.3 is 4.90 Å². The molecule has 3 aromatic rings. The van der Waals surface area contributed by atoms with Crippen LogP contribution in [0.25, 0.3) is 11.3 Å². The van der Waals surface area contributed by atoms with Crippen LogP contribution < -0.4 is 4.90 Å². The van der Waals surface area contributed by atoms with E-state index < -0.39 is 0 Å². The minimum Gasteiger partial charge on any atom is -0.348 e. The molecule has 0 saturated carbocycles. The van der Waals surface area contributed by atoms with E-state index in [2.05, 4.69) is 80.8 Å². The Balaban J connectivity index is 1.37. The maximum atomic E-state index is 4.87. The molecule has 0 bridgehead atoms. The summed E-state index contributed by atoms with van der Waals surface area (Å²) >= 11 is 5.25. The standard InChI is InChI=1S/C21H21BrN2S/c22-19-8-6-18(7-9-19)20-15-25-21(23-20)24-12-10-17(11-13-24)14-16-4-2-1-3-5-16/h1-9,15,17H,10-14H2. The van der Waals surface area contributed by atoms with Crippen LogP contribution in [0.15, 0.2) is 64.5 Å². The Morgan fingerprint density at radius 3 is 2.44 bits per heavy atom. The lowest BCUT2D eigenvalue weighted by atomic mass is 9.90. The largest absolute Gasteiger partial charge is 0.348 e. The number of nitrogens with zero attached hydrogens (tertiary/aromatic N) is 2. The molecule has 0 amide bonds. The maximum absolute atomic E-state index is 4.87. The zero-order chi connectivity index (χ0) is 17.1. The average Bonchev–Trinajstić information content (AvgIpc) is 3.14. The second-order valence-electron chi connectivity index (χ2n) is 6.64. The summed E-state index contributed by atoms with van der Waals surface area (Å²) in [6.07, 6.45) is 3.71. The summed E-state index contributed by atoms with van der Waals surface area (Å²) in [5, 5.41) is 3.34. The third-order valence-corrected chi connectivity index (χ3v) is 6.31. The van der Waals surface area contributed by atoms with Gasteiger partial charge in [0.15, 0.2) is 5.13 Å². The van der Waals surface area contributed by atoms with Crippen molar-refractivity contribution in [2.45, 2.75) is 19.3 Å². The Hall–Kier alpha value is -1.65. The maximum Gasteiger partial charge on any atom is 0.185 e. The van der Waals surface area contributed by atoms with Gasteiger partial charge in [-0.05, 0) is 42.9 Å². The lowest BCUT2D eigenvalue weighted by Gasteiger charge is -2.31. The van der Waals surface area contributed by atoms with Crippen LogP contribution in [0, 0.1) is 5.92 Å². The number of benzene rings is 2. The van der Waals surface area contributed by atoms with Crippen molar-refractivity contribution in [1.29, 1.82) is 0 Å². The van der Waals surface area contributed by atoms with Gasteiger partial charge in [-0.2, -0.15) is 0 Å². The highest BCUT2D eigenvalue weighted by molar-refractivity contribution is 9.10. The molecule has 1 aliphatic heterocycles. The minimum absolute atomic E-state index is 0.796. The molecule has 1 aromatic heterocycles. The molecule has 0 aliphatic carbocycles. The third kappa shape index (κ3) is 4.13. The molecule has 1 fully saturated rings. The Kier molecular flexibility index (Phi) is 5.18. The topological polar surface area (TPSA) is 16.1 Å². The van der Waals surface area contributed by atoms with Gasteiger partial charge in [-0.1, -0.05) is 58.4 Å². The summed E-state index contributed by atoms with van der Waals surface area (Å²) in [5.41, 5.74) is 3.73. The Morgan fingerprint density at radius 1 is 1.00 bits per heavy atom. The number of aromatic nitrogens is 1. The first kappa shape index (κ1) is 16.8. The quantitative estimate of drug-likeness (QED) is 0.519. The Bertz CT molecular complexity index is 805. The SMILES string of the molecule is Brc1ccc(-c2csc(N3CCC(Cc4ccccc4)CC3)n2)cc1. The van der Waals surface area contributed by atoms with Gasteiger partial charge in [0.2, 0.25) is 0 Å². The molecule has 1 aliphatic rings. The summed E-state index contributed by atoms with van der Waals surface area (Å²) in [6, 6.07) is 19.3. The van der Waals surface area contributed by atoms with Crippen LogP contribution in [-0.2, 0) is 6.42 Å². The summed E-state index contributed by atoms with van der Waals surface area (Å²) in [5.74, 6) is 0.796. The summed E-state index contributed by atoms with van der Waals surface area (Å²) < 4.78 is 1.10. The first-order valence-electron chi connectivity index (χ1n) is 8.78. The molecule has 4 rings (SSSR count). The van der Waals surface area contributed by atoms with Gasteiger partial charge in [-0.3, -0.25) is 0 Å². The van der Waals surface area contributed by atoms with Crippen LogP contribution in [0.4, 0.5) is 5.13 Å². The molecule has 0 radical (unpaired) electrons. The van der Waals surface area contributed by atoms with Crippen molar-refractivity contribution in [3.05, 3.63) is 70.0 Å². The molecule has 4 heteroatoms. The lowest BCUT2D eigenvalue weighted by Crippen LogP contribution is -2.34. The van der Waals surface area contributed by atoms with Crippen LogP contribution >= 0.6 is 27.3 Å². The van der Waals surface area contributed by atoms with Gasteiger partial charge in [0.1, 0.15) is 0 Å². The normalized spacial score (nSPS) is 15.5. The zero-order valence-corrected chi connectivity index (χ0v) is 16.5. The van der Waals surface area contributed by atoms with Crippen molar-refractivity contribution in [2.24, 2.45) is 5.92 Å². The van der Waals surface area contributed by atoms with Crippen LogP contribution in [-0.4, -0.2) is 18.1 Å². The van der Waals surface area contributed by atoms with E-state index in [0.29, 0.717) is 0 Å². The van der Waals surface area contributed by atoms with E-state index in [-0.39, 0.29) is 0 Å². The van der Waals surface area contributed by atoms with Gasteiger partial charge in [0.25, 0.3) is 0 Å². The van der Waals surface area contributed by atoms with Gasteiger partial charge in [0, 0.05) is 28.5 Å². The van der Waals surface area contributed by atoms with Crippen molar-refractivity contribution in [3.63, 3.8) is 0 Å². The average molecular weight is 413 g/mol. The summed E-state index contributed by atoms with van der Waals surface area (Å²) in [7, 11) is 0. The number of anilines is 1. The molecule has 128 valence electrons. The van der Waals surface area contributed by atoms with E-state index >= 15 is 0 Å². The van der Waals surface area contributed by atoms with Crippen molar-refractivity contribution >= 4 is 32.4 Å². The fourth-order valence-electron chi connectivity index (χ4n) is 3.44. The van der Waals surface area contributed by atoms with Crippen molar-refractivity contribution in [2.75, 3.05) is 18.0 Å². The van der Waals surface area contributed by atoms with Crippen LogP contribution in [0.3, 0.4) is 0 Å². The van der Waals surface area contributed by atoms with Gasteiger partial charge in [-0.25, -0.2) is 4.98 Å². The predicted molar refractivity (Wildman–Crippen MR) is 110 cm³/mol. The van der Waals surface area contributed by atoms with Crippen LogP contribution in [0.1, 0.15) is 18.4 Å². The van der Waals surface area contributed by atoms with Crippen LogP contribution in [0.5, 0.6) is 0 Å². The third-order valence-electron chi connectivity index (χ3n) is 4.88. The van der Waals surface area contributed by atoms with Gasteiger partial charge >= 0.3 is 0 Å². The van der Waals surface area contributed by atoms with Crippen molar-refractivity contribution in [3.8, 4) is 11.3 Å². The molecule has 0 spiro atoms. The molecular weight excluding hydrogens is 392 g/mol. The summed E-state index contributed by atoms with van der Waals surface area (Å²) in [4.78, 5) is 7.32. The predicted octanol–water partition coefficient (Wildman–Crippen LogP) is 6.03. The van der Waals surface area contributed by atoms with Gasteiger partial charge in [-0.15, -0.1) is 11.3 Å². The second kappa shape index (κ2) is 7.71. The number of hydrogen-bond donors (Lipinski definition) is 0. The van der Waals surface area contributed by atoms with E-state index in [9.17, 15) is 0 Å². The number of rotatable bonds is 4. The summed E-state index contributed by atoms with van der Waals surface area (Å²) in [6.45, 7) is 2.23. The van der Waals surface area contributed by atoms with E-state index in [0.717, 1.165) is 34.3 Å². The smallest absolute Gasteiger partial charge is 0.185 e. The first-order valence-corrected chi connectivity index (χ1v) is 10.5. The van der Waals surface area contributed by atoms with Crippen molar-refractivity contribution in [1.82, 2.24) is 4.98 Å². The highest BCUT2D eigenvalue weighted by atomic mass is 79.9. The fourth-order valence-corrected chi connectivity index (χ4v) is 4.59. The number of halogens is 1. The number of hydrogen-bond acceptors (Lipinski definition) is 3. The molecule has 25 heavy (non-hydrogen) atoms. The second-order valence-corrected chi connectivity index (χ2v) is 8.39. The molecular formula is C21H21BrN2S.